The van der Waals surface area contributed by atoms with Crippen molar-refractivity contribution in [3.05, 3.63) is 11.1 Å². The average Bonchev–Trinajstić information content (AvgIpc) is 3.19. The first-order valence-electron chi connectivity index (χ1n) is 8.63. The van der Waals surface area contributed by atoms with Gasteiger partial charge in [0.1, 0.15) is 6.10 Å². The lowest BCUT2D eigenvalue weighted by atomic mass is 9.78. The number of unbranched alkanes of at least 4 members (excludes halogenated alkanes) is 2. The molecule has 0 aliphatic carbocycles. The summed E-state index contributed by atoms with van der Waals surface area (Å²) < 4.78 is 16.6. The molecule has 3 heterocycles. The van der Waals surface area contributed by atoms with Crippen molar-refractivity contribution in [3.8, 4) is 0 Å². The SMILES string of the molecule is CCCCCOCC1CC2(CC(C)(c3csc(N)n3)OC2=O)C(=O)O1. The zero-order chi connectivity index (χ0) is 18.1. The third kappa shape index (κ3) is 3.37. The molecule has 1 aromatic rings. The Hall–Kier alpha value is -1.67. The molecule has 25 heavy (non-hydrogen) atoms. The highest BCUT2D eigenvalue weighted by Gasteiger charge is 2.65. The van der Waals surface area contributed by atoms with E-state index in [2.05, 4.69) is 11.9 Å². The lowest BCUT2D eigenvalue weighted by Crippen LogP contribution is -2.32. The summed E-state index contributed by atoms with van der Waals surface area (Å²) in [4.78, 5) is 29.2. The van der Waals surface area contributed by atoms with E-state index in [1.54, 1.807) is 12.3 Å². The molecule has 2 aliphatic rings. The van der Waals surface area contributed by atoms with Crippen LogP contribution in [0.4, 0.5) is 5.13 Å². The second-order valence-electron chi connectivity index (χ2n) is 6.96. The van der Waals surface area contributed by atoms with E-state index in [9.17, 15) is 9.59 Å². The molecule has 138 valence electrons. The van der Waals surface area contributed by atoms with Crippen LogP contribution >= 0.6 is 11.3 Å². The van der Waals surface area contributed by atoms with E-state index in [1.807, 2.05) is 0 Å². The van der Waals surface area contributed by atoms with Crippen LogP contribution in [0.25, 0.3) is 0 Å². The maximum Gasteiger partial charge on any atom is 0.324 e. The molecule has 1 aromatic heterocycles. The van der Waals surface area contributed by atoms with Gasteiger partial charge in [0.05, 0.1) is 12.3 Å². The van der Waals surface area contributed by atoms with Gasteiger partial charge in [-0.2, -0.15) is 0 Å². The fourth-order valence-electron chi connectivity index (χ4n) is 3.51. The fraction of sp³-hybridized carbons (Fsp3) is 0.706. The Morgan fingerprint density at radius 2 is 2.20 bits per heavy atom. The molecule has 0 saturated carbocycles. The highest BCUT2D eigenvalue weighted by Crippen LogP contribution is 2.52. The van der Waals surface area contributed by atoms with Crippen LogP contribution in [0, 0.1) is 5.41 Å². The van der Waals surface area contributed by atoms with E-state index in [-0.39, 0.29) is 12.8 Å². The van der Waals surface area contributed by atoms with Crippen LogP contribution in [0.3, 0.4) is 0 Å². The smallest absolute Gasteiger partial charge is 0.324 e. The Morgan fingerprint density at radius 1 is 1.40 bits per heavy atom. The van der Waals surface area contributed by atoms with Crippen LogP contribution in [-0.2, 0) is 29.4 Å². The van der Waals surface area contributed by atoms with Crippen LogP contribution < -0.4 is 5.73 Å². The monoisotopic (exact) mass is 368 g/mol. The molecular weight excluding hydrogens is 344 g/mol. The standard InChI is InChI=1S/C17H24N2O5S/c1-3-4-5-6-22-8-11-7-17(13(20)23-11)10-16(2,24-14(17)21)12-9-25-15(18)19-12/h9,11H,3-8,10H2,1-2H3,(H2,18,19). The molecule has 3 rings (SSSR count). The number of carbonyl (C=O) groups excluding carboxylic acids is 2. The van der Waals surface area contributed by atoms with E-state index in [0.29, 0.717) is 24.0 Å². The minimum absolute atomic E-state index is 0.215. The first-order chi connectivity index (χ1) is 11.9. The minimum atomic E-state index is -1.26. The summed E-state index contributed by atoms with van der Waals surface area (Å²) in [5.41, 5.74) is 4.04. The molecule has 8 heteroatoms. The van der Waals surface area contributed by atoms with E-state index >= 15 is 0 Å². The van der Waals surface area contributed by atoms with Gasteiger partial charge in [-0.1, -0.05) is 19.8 Å². The zero-order valence-corrected chi connectivity index (χ0v) is 15.4. The molecule has 3 atom stereocenters. The molecular formula is C17H24N2O5S. The average molecular weight is 368 g/mol. The van der Waals surface area contributed by atoms with Gasteiger partial charge in [-0.15, -0.1) is 11.3 Å². The van der Waals surface area contributed by atoms with Gasteiger partial charge in [-0.25, -0.2) is 4.98 Å². The second-order valence-corrected chi connectivity index (χ2v) is 7.85. The molecule has 2 N–H and O–H groups in total. The number of aromatic nitrogens is 1. The molecule has 0 bridgehead atoms. The Balaban J connectivity index is 1.65. The summed E-state index contributed by atoms with van der Waals surface area (Å²) in [6.45, 7) is 4.83. The topological polar surface area (TPSA) is 101 Å². The van der Waals surface area contributed by atoms with E-state index in [0.717, 1.165) is 19.3 Å². The molecule has 0 radical (unpaired) electrons. The first kappa shape index (κ1) is 18.1. The molecule has 3 unspecified atom stereocenters. The number of nitrogens with two attached hydrogens (primary N) is 1. The summed E-state index contributed by atoms with van der Waals surface area (Å²) in [5.74, 6) is -1.06. The number of anilines is 1. The molecule has 1 spiro atoms. The number of thiazole rings is 1. The highest BCUT2D eigenvalue weighted by molar-refractivity contribution is 7.13. The summed E-state index contributed by atoms with van der Waals surface area (Å²) in [6.07, 6.45) is 3.30. The highest BCUT2D eigenvalue weighted by atomic mass is 32.1. The van der Waals surface area contributed by atoms with E-state index < -0.39 is 29.1 Å². The van der Waals surface area contributed by atoms with Crippen LogP contribution in [0.2, 0.25) is 0 Å². The van der Waals surface area contributed by atoms with Crippen molar-refractivity contribution in [2.45, 2.75) is 57.7 Å². The van der Waals surface area contributed by atoms with Crippen LogP contribution in [0.5, 0.6) is 0 Å². The van der Waals surface area contributed by atoms with E-state index in [1.165, 1.54) is 11.3 Å². The number of hydrogen-bond donors (Lipinski definition) is 1. The first-order valence-corrected chi connectivity index (χ1v) is 9.51. The number of hydrogen-bond acceptors (Lipinski definition) is 8. The molecule has 2 saturated heterocycles. The van der Waals surface area contributed by atoms with Crippen molar-refractivity contribution in [2.75, 3.05) is 18.9 Å². The van der Waals surface area contributed by atoms with Gasteiger partial charge in [0.25, 0.3) is 0 Å². The Kier molecular flexibility index (Phi) is 5.02. The second kappa shape index (κ2) is 6.92. The fourth-order valence-corrected chi connectivity index (χ4v) is 4.20. The van der Waals surface area contributed by atoms with Gasteiger partial charge in [-0.3, -0.25) is 9.59 Å². The molecule has 0 aromatic carbocycles. The summed E-state index contributed by atoms with van der Waals surface area (Å²) in [7, 11) is 0. The van der Waals surface area contributed by atoms with Crippen molar-refractivity contribution in [1.82, 2.24) is 4.98 Å². The van der Waals surface area contributed by atoms with Gasteiger partial charge < -0.3 is 19.9 Å². The number of ether oxygens (including phenoxy) is 3. The molecule has 7 nitrogen and oxygen atoms in total. The molecule has 2 aliphatic heterocycles. The summed E-state index contributed by atoms with van der Waals surface area (Å²) >= 11 is 1.28. The largest absolute Gasteiger partial charge is 0.459 e. The number of esters is 2. The summed E-state index contributed by atoms with van der Waals surface area (Å²) in [5, 5.41) is 2.16. The van der Waals surface area contributed by atoms with Gasteiger partial charge in [0, 0.05) is 24.8 Å². The van der Waals surface area contributed by atoms with Gasteiger partial charge >= 0.3 is 11.9 Å². The van der Waals surface area contributed by atoms with Crippen molar-refractivity contribution in [2.24, 2.45) is 5.41 Å². The normalized spacial score (nSPS) is 31.5. The van der Waals surface area contributed by atoms with E-state index in [4.69, 9.17) is 19.9 Å². The number of cyclic esters (lactones) is 2. The number of rotatable bonds is 7. The van der Waals surface area contributed by atoms with Gasteiger partial charge in [0.2, 0.25) is 0 Å². The predicted molar refractivity (Wildman–Crippen MR) is 91.9 cm³/mol. The lowest BCUT2D eigenvalue weighted by molar-refractivity contribution is -0.160. The number of carbonyl (C=O) groups is 2. The van der Waals surface area contributed by atoms with Crippen molar-refractivity contribution >= 4 is 28.4 Å². The maximum absolute atomic E-state index is 12.5. The van der Waals surface area contributed by atoms with Gasteiger partial charge in [-0.05, 0) is 13.3 Å². The third-order valence-electron chi connectivity index (χ3n) is 4.85. The summed E-state index contributed by atoms with van der Waals surface area (Å²) in [6, 6.07) is 0. The van der Waals surface area contributed by atoms with Crippen LogP contribution in [0.15, 0.2) is 5.38 Å². The Labute approximate surface area is 150 Å². The predicted octanol–water partition coefficient (Wildman–Crippen LogP) is 2.40. The van der Waals surface area contributed by atoms with Crippen molar-refractivity contribution in [3.63, 3.8) is 0 Å². The minimum Gasteiger partial charge on any atom is -0.459 e. The number of nitrogen functional groups attached to an aromatic ring is 1. The zero-order valence-electron chi connectivity index (χ0n) is 14.6. The molecule has 2 fully saturated rings. The Morgan fingerprint density at radius 3 is 2.88 bits per heavy atom. The Bertz CT molecular complexity index is 663. The number of nitrogens with zero attached hydrogens (tertiary/aromatic N) is 1. The molecule has 0 amide bonds. The van der Waals surface area contributed by atoms with Gasteiger partial charge in [0.15, 0.2) is 16.1 Å². The lowest BCUT2D eigenvalue weighted by Gasteiger charge is -2.20. The maximum atomic E-state index is 12.5. The van der Waals surface area contributed by atoms with Crippen LogP contribution in [0.1, 0.15) is 51.6 Å². The quantitative estimate of drug-likeness (QED) is 0.448. The van der Waals surface area contributed by atoms with Crippen molar-refractivity contribution < 1.29 is 23.8 Å². The van der Waals surface area contributed by atoms with Crippen LogP contribution in [-0.4, -0.2) is 36.2 Å². The van der Waals surface area contributed by atoms with Crippen molar-refractivity contribution in [1.29, 1.82) is 0 Å². The third-order valence-corrected chi connectivity index (χ3v) is 5.52.